The van der Waals surface area contributed by atoms with E-state index in [2.05, 4.69) is 25.2 Å². The molecule has 17 heavy (non-hydrogen) atoms. The summed E-state index contributed by atoms with van der Waals surface area (Å²) in [5.74, 6) is 1.98. The van der Waals surface area contributed by atoms with Crippen molar-refractivity contribution in [1.29, 1.82) is 0 Å². The highest BCUT2D eigenvalue weighted by molar-refractivity contribution is 5.51. The van der Waals surface area contributed by atoms with Crippen LogP contribution in [0.2, 0.25) is 0 Å². The highest BCUT2D eigenvalue weighted by atomic mass is 16.3. The van der Waals surface area contributed by atoms with E-state index in [1.165, 1.54) is 19.3 Å². The number of phenolic OH excluding ortho intramolecular Hbond substituents is 1. The first kappa shape index (κ1) is 12.3. The van der Waals surface area contributed by atoms with Crippen LogP contribution in [0.25, 0.3) is 0 Å². The number of hydrogen-bond acceptors (Lipinski definition) is 2. The predicted molar refractivity (Wildman–Crippen MR) is 72.4 cm³/mol. The van der Waals surface area contributed by atoms with Gasteiger partial charge in [0.25, 0.3) is 0 Å². The molecule has 1 aliphatic carbocycles. The molecule has 2 nitrogen and oxygen atoms in total. The van der Waals surface area contributed by atoms with Gasteiger partial charge in [0.1, 0.15) is 5.75 Å². The molecule has 0 bridgehead atoms. The summed E-state index contributed by atoms with van der Waals surface area (Å²) >= 11 is 0. The molecule has 0 aliphatic heterocycles. The number of anilines is 1. The van der Waals surface area contributed by atoms with E-state index in [0.29, 0.717) is 11.8 Å². The van der Waals surface area contributed by atoms with Crippen molar-refractivity contribution in [2.75, 3.05) is 5.32 Å². The minimum absolute atomic E-state index is 0.381. The maximum absolute atomic E-state index is 9.69. The number of benzene rings is 1. The molecule has 1 aromatic carbocycles. The zero-order valence-electron chi connectivity index (χ0n) is 11.0. The molecule has 0 saturated heterocycles. The van der Waals surface area contributed by atoms with Crippen molar-refractivity contribution in [1.82, 2.24) is 0 Å². The van der Waals surface area contributed by atoms with Crippen LogP contribution in [0.15, 0.2) is 18.2 Å². The van der Waals surface area contributed by atoms with Gasteiger partial charge in [-0.15, -0.1) is 0 Å². The van der Waals surface area contributed by atoms with Crippen LogP contribution in [0, 0.1) is 18.8 Å². The average Bonchev–Trinajstić information content (AvgIpc) is 2.22. The number of hydrogen-bond donors (Lipinski definition) is 2. The molecule has 0 amide bonds. The summed E-state index contributed by atoms with van der Waals surface area (Å²) in [7, 11) is 0. The molecular formula is C15H23NO. The first-order valence-electron chi connectivity index (χ1n) is 6.60. The van der Waals surface area contributed by atoms with E-state index in [-0.39, 0.29) is 0 Å². The van der Waals surface area contributed by atoms with Crippen molar-refractivity contribution in [2.45, 2.75) is 46.1 Å². The lowest BCUT2D eigenvalue weighted by atomic mass is 9.80. The first-order valence-corrected chi connectivity index (χ1v) is 6.60. The van der Waals surface area contributed by atoms with Crippen molar-refractivity contribution in [3.8, 4) is 5.75 Å². The number of aryl methyl sites for hydroxylation is 1. The van der Waals surface area contributed by atoms with E-state index in [0.717, 1.165) is 23.1 Å². The second-order valence-electron chi connectivity index (χ2n) is 5.76. The molecule has 0 aromatic heterocycles. The SMILES string of the molecule is Cc1ccc(NC2CC(C)CC(C)C2)cc1O. The van der Waals surface area contributed by atoms with Crippen LogP contribution in [0.3, 0.4) is 0 Å². The molecular weight excluding hydrogens is 210 g/mol. The minimum atomic E-state index is 0.381. The lowest BCUT2D eigenvalue weighted by Crippen LogP contribution is -2.30. The number of aromatic hydroxyl groups is 1. The third kappa shape index (κ3) is 3.15. The van der Waals surface area contributed by atoms with Gasteiger partial charge in [0, 0.05) is 17.8 Å². The Kier molecular flexibility index (Phi) is 3.60. The van der Waals surface area contributed by atoms with Gasteiger partial charge in [0.05, 0.1) is 0 Å². The molecule has 1 fully saturated rings. The highest BCUT2D eigenvalue weighted by Crippen LogP contribution is 2.31. The van der Waals surface area contributed by atoms with E-state index < -0.39 is 0 Å². The number of phenols is 1. The fourth-order valence-electron chi connectivity index (χ4n) is 3.00. The number of rotatable bonds is 2. The fraction of sp³-hybridized carbons (Fsp3) is 0.600. The lowest BCUT2D eigenvalue weighted by molar-refractivity contribution is 0.281. The molecule has 2 N–H and O–H groups in total. The molecule has 1 saturated carbocycles. The van der Waals surface area contributed by atoms with Crippen molar-refractivity contribution in [2.24, 2.45) is 11.8 Å². The summed E-state index contributed by atoms with van der Waals surface area (Å²) in [6, 6.07) is 6.40. The average molecular weight is 233 g/mol. The predicted octanol–water partition coefficient (Wildman–Crippen LogP) is 3.94. The molecule has 0 spiro atoms. The van der Waals surface area contributed by atoms with Crippen molar-refractivity contribution < 1.29 is 5.11 Å². The van der Waals surface area contributed by atoms with Crippen LogP contribution in [-0.4, -0.2) is 11.1 Å². The zero-order chi connectivity index (χ0) is 12.4. The minimum Gasteiger partial charge on any atom is -0.508 e. The lowest BCUT2D eigenvalue weighted by Gasteiger charge is -2.32. The Morgan fingerprint density at radius 2 is 1.76 bits per heavy atom. The quantitative estimate of drug-likeness (QED) is 0.811. The first-order chi connectivity index (χ1) is 8.04. The Morgan fingerprint density at radius 1 is 1.12 bits per heavy atom. The van der Waals surface area contributed by atoms with E-state index in [9.17, 15) is 5.11 Å². The molecule has 1 aromatic rings. The topological polar surface area (TPSA) is 32.3 Å². The molecule has 2 rings (SSSR count). The summed E-state index contributed by atoms with van der Waals surface area (Å²) in [6.07, 6.45) is 3.81. The maximum Gasteiger partial charge on any atom is 0.120 e. The molecule has 2 heteroatoms. The number of nitrogens with one attached hydrogen (secondary N) is 1. The fourth-order valence-corrected chi connectivity index (χ4v) is 3.00. The van der Waals surface area contributed by atoms with Gasteiger partial charge in [-0.3, -0.25) is 0 Å². The van der Waals surface area contributed by atoms with Crippen LogP contribution in [-0.2, 0) is 0 Å². The van der Waals surface area contributed by atoms with Gasteiger partial charge in [-0.05, 0) is 49.7 Å². The van der Waals surface area contributed by atoms with E-state index >= 15 is 0 Å². The van der Waals surface area contributed by atoms with Crippen LogP contribution < -0.4 is 5.32 Å². The summed E-state index contributed by atoms with van der Waals surface area (Å²) in [6.45, 7) is 6.58. The van der Waals surface area contributed by atoms with Gasteiger partial charge in [-0.2, -0.15) is 0 Å². The van der Waals surface area contributed by atoms with Gasteiger partial charge < -0.3 is 10.4 Å². The Bertz CT molecular complexity index is 379. The van der Waals surface area contributed by atoms with Crippen molar-refractivity contribution >= 4 is 5.69 Å². The molecule has 0 heterocycles. The Hall–Kier alpha value is -1.18. The Morgan fingerprint density at radius 3 is 2.35 bits per heavy atom. The normalized spacial score (nSPS) is 29.0. The molecule has 2 unspecified atom stereocenters. The summed E-state index contributed by atoms with van der Waals surface area (Å²) in [5, 5.41) is 13.2. The molecule has 1 aliphatic rings. The van der Waals surface area contributed by atoms with Gasteiger partial charge in [0.15, 0.2) is 0 Å². The third-order valence-electron chi connectivity index (χ3n) is 3.76. The van der Waals surface area contributed by atoms with Gasteiger partial charge in [0.2, 0.25) is 0 Å². The monoisotopic (exact) mass is 233 g/mol. The highest BCUT2D eigenvalue weighted by Gasteiger charge is 2.23. The zero-order valence-corrected chi connectivity index (χ0v) is 11.0. The summed E-state index contributed by atoms with van der Waals surface area (Å²) < 4.78 is 0. The summed E-state index contributed by atoms with van der Waals surface area (Å²) in [5.41, 5.74) is 1.97. The van der Waals surface area contributed by atoms with Crippen molar-refractivity contribution in [3.05, 3.63) is 23.8 Å². The molecule has 0 radical (unpaired) electrons. The Labute approximate surface area is 104 Å². The standard InChI is InChI=1S/C15H23NO/c1-10-6-11(2)8-14(7-10)16-13-5-4-12(3)15(17)9-13/h4-5,9-11,14,16-17H,6-8H2,1-3H3. The van der Waals surface area contributed by atoms with Crippen LogP contribution in [0.4, 0.5) is 5.69 Å². The van der Waals surface area contributed by atoms with Crippen LogP contribution in [0.1, 0.15) is 38.7 Å². The van der Waals surface area contributed by atoms with E-state index in [1.54, 1.807) is 0 Å². The third-order valence-corrected chi connectivity index (χ3v) is 3.76. The van der Waals surface area contributed by atoms with Crippen molar-refractivity contribution in [3.63, 3.8) is 0 Å². The van der Waals surface area contributed by atoms with Crippen LogP contribution >= 0.6 is 0 Å². The second-order valence-corrected chi connectivity index (χ2v) is 5.76. The van der Waals surface area contributed by atoms with Gasteiger partial charge >= 0.3 is 0 Å². The van der Waals surface area contributed by atoms with E-state index in [1.807, 2.05) is 19.1 Å². The van der Waals surface area contributed by atoms with Gasteiger partial charge in [-0.1, -0.05) is 19.9 Å². The van der Waals surface area contributed by atoms with Gasteiger partial charge in [-0.25, -0.2) is 0 Å². The van der Waals surface area contributed by atoms with Crippen LogP contribution in [0.5, 0.6) is 5.75 Å². The second kappa shape index (κ2) is 4.99. The molecule has 94 valence electrons. The smallest absolute Gasteiger partial charge is 0.120 e. The largest absolute Gasteiger partial charge is 0.508 e. The summed E-state index contributed by atoms with van der Waals surface area (Å²) in [4.78, 5) is 0. The molecule has 2 atom stereocenters. The van der Waals surface area contributed by atoms with E-state index in [4.69, 9.17) is 0 Å². The Balaban J connectivity index is 2.02. The maximum atomic E-state index is 9.69.